The average Bonchev–Trinajstić information content (AvgIpc) is 3.26. The first kappa shape index (κ1) is 22.3. The van der Waals surface area contributed by atoms with Crippen LogP contribution in [0.5, 0.6) is 0 Å². The van der Waals surface area contributed by atoms with Crippen LogP contribution in [0.25, 0.3) is 0 Å². The number of aryl methyl sites for hydroxylation is 2. The number of nitrogens with zero attached hydrogens (tertiary/aromatic N) is 2. The van der Waals surface area contributed by atoms with E-state index < -0.39 is 10.0 Å². The molecule has 0 amide bonds. The van der Waals surface area contributed by atoms with Crippen molar-refractivity contribution in [3.05, 3.63) is 51.7 Å². The zero-order valence-corrected chi connectivity index (χ0v) is 19.2. The maximum absolute atomic E-state index is 13.4. The molecule has 0 aromatic carbocycles. The highest BCUT2D eigenvalue weighted by Crippen LogP contribution is 2.41. The van der Waals surface area contributed by atoms with Gasteiger partial charge >= 0.3 is 0 Å². The van der Waals surface area contributed by atoms with E-state index in [2.05, 4.69) is 34.5 Å². The maximum Gasteiger partial charge on any atom is 0.208 e. The van der Waals surface area contributed by atoms with E-state index in [1.54, 1.807) is 0 Å². The molecular weight excluding hydrogens is 409 g/mol. The van der Waals surface area contributed by atoms with Gasteiger partial charge in [-0.05, 0) is 75.8 Å². The minimum Gasteiger partial charge on any atom is -0.293 e. The van der Waals surface area contributed by atoms with Crippen molar-refractivity contribution >= 4 is 21.4 Å². The predicted molar refractivity (Wildman–Crippen MR) is 116 cm³/mol. The molecule has 3 rings (SSSR count). The Morgan fingerprint density at radius 2 is 2.07 bits per heavy atom. The lowest BCUT2D eigenvalue weighted by molar-refractivity contribution is 0.128. The SMILES string of the molecule is Cc1ccc(C(C)(C)N2CCC(CCc3ccc(F)s3)(CNS(C)(=O)=O)C2)cn1. The molecule has 0 aliphatic carbocycles. The standard InChI is InChI=1S/C21H30FN3O2S2/c1-16-5-6-17(13-23-16)20(2,3)25-12-11-21(15-25,14-24-29(4,26)27)10-9-18-7-8-19(22)28-18/h5-8,13,24H,9-12,14-15H2,1-4H3. The Kier molecular flexibility index (Phi) is 6.48. The lowest BCUT2D eigenvalue weighted by Gasteiger charge is -2.38. The monoisotopic (exact) mass is 439 g/mol. The molecule has 0 bridgehead atoms. The summed E-state index contributed by atoms with van der Waals surface area (Å²) in [5.41, 5.74) is 1.75. The fourth-order valence-electron chi connectivity index (χ4n) is 4.02. The fraction of sp³-hybridized carbons (Fsp3) is 0.571. The molecule has 0 spiro atoms. The zero-order chi connectivity index (χ0) is 21.3. The Morgan fingerprint density at radius 3 is 2.66 bits per heavy atom. The molecule has 1 aliphatic heterocycles. The normalized spacial score (nSPS) is 21.0. The van der Waals surface area contributed by atoms with Gasteiger partial charge in [0, 0.05) is 35.4 Å². The Balaban J connectivity index is 1.78. The smallest absolute Gasteiger partial charge is 0.208 e. The van der Waals surface area contributed by atoms with Gasteiger partial charge in [0.05, 0.1) is 6.26 Å². The van der Waals surface area contributed by atoms with Crippen LogP contribution in [-0.2, 0) is 22.0 Å². The van der Waals surface area contributed by atoms with Crippen LogP contribution in [0.1, 0.15) is 42.8 Å². The summed E-state index contributed by atoms with van der Waals surface area (Å²) in [7, 11) is -3.27. The van der Waals surface area contributed by atoms with Crippen LogP contribution in [0.2, 0.25) is 0 Å². The van der Waals surface area contributed by atoms with Gasteiger partial charge in [0.1, 0.15) is 0 Å². The summed E-state index contributed by atoms with van der Waals surface area (Å²) in [6, 6.07) is 7.46. The van der Waals surface area contributed by atoms with Crippen LogP contribution < -0.4 is 4.72 Å². The highest BCUT2D eigenvalue weighted by Gasteiger charge is 2.43. The number of hydrogen-bond acceptors (Lipinski definition) is 5. The Labute approximate surface area is 177 Å². The second-order valence-corrected chi connectivity index (χ2v) is 11.7. The van der Waals surface area contributed by atoms with Crippen molar-refractivity contribution < 1.29 is 12.8 Å². The molecule has 1 unspecified atom stereocenters. The van der Waals surface area contributed by atoms with Crippen LogP contribution in [0.4, 0.5) is 4.39 Å². The van der Waals surface area contributed by atoms with E-state index in [0.717, 1.165) is 48.5 Å². The number of nitrogens with one attached hydrogen (secondary N) is 1. The molecule has 29 heavy (non-hydrogen) atoms. The van der Waals surface area contributed by atoms with E-state index in [-0.39, 0.29) is 16.1 Å². The third kappa shape index (κ3) is 5.63. The maximum atomic E-state index is 13.4. The summed E-state index contributed by atoms with van der Waals surface area (Å²) >= 11 is 1.17. The lowest BCUT2D eigenvalue weighted by atomic mass is 9.82. The molecule has 2 aromatic rings. The van der Waals surface area contributed by atoms with Crippen molar-refractivity contribution in [3.8, 4) is 0 Å². The zero-order valence-electron chi connectivity index (χ0n) is 17.5. The van der Waals surface area contributed by atoms with Crippen LogP contribution in [-0.4, -0.2) is 44.2 Å². The molecule has 1 aliphatic rings. The topological polar surface area (TPSA) is 62.3 Å². The summed E-state index contributed by atoms with van der Waals surface area (Å²) < 4.78 is 39.6. The number of rotatable bonds is 8. The van der Waals surface area contributed by atoms with Crippen molar-refractivity contribution in [3.63, 3.8) is 0 Å². The van der Waals surface area contributed by atoms with E-state index in [1.807, 2.05) is 25.3 Å². The Morgan fingerprint density at radius 1 is 1.31 bits per heavy atom. The van der Waals surface area contributed by atoms with Crippen molar-refractivity contribution in [1.82, 2.24) is 14.6 Å². The Bertz CT molecular complexity index is 941. The van der Waals surface area contributed by atoms with Gasteiger partial charge in [-0.15, -0.1) is 11.3 Å². The van der Waals surface area contributed by atoms with Crippen molar-refractivity contribution in [2.45, 2.75) is 45.6 Å². The second kappa shape index (κ2) is 8.41. The van der Waals surface area contributed by atoms with Gasteiger partial charge in [-0.2, -0.15) is 4.39 Å². The highest BCUT2D eigenvalue weighted by atomic mass is 32.2. The van der Waals surface area contributed by atoms with Crippen LogP contribution >= 0.6 is 11.3 Å². The number of sulfonamides is 1. The number of pyridine rings is 1. The first-order valence-corrected chi connectivity index (χ1v) is 12.6. The van der Waals surface area contributed by atoms with Gasteiger partial charge in [0.25, 0.3) is 0 Å². The fourth-order valence-corrected chi connectivity index (χ4v) is 5.32. The second-order valence-electron chi connectivity index (χ2n) is 8.72. The molecule has 1 saturated heterocycles. The number of halogens is 1. The van der Waals surface area contributed by atoms with E-state index in [9.17, 15) is 12.8 Å². The van der Waals surface area contributed by atoms with Gasteiger partial charge in [0.2, 0.25) is 10.0 Å². The van der Waals surface area contributed by atoms with Crippen LogP contribution in [0, 0.1) is 17.5 Å². The summed E-state index contributed by atoms with van der Waals surface area (Å²) in [5, 5.41) is -0.177. The van der Waals surface area contributed by atoms with E-state index in [1.165, 1.54) is 23.7 Å². The Hall–Kier alpha value is -1.35. The van der Waals surface area contributed by atoms with Crippen molar-refractivity contribution in [1.29, 1.82) is 0 Å². The number of likely N-dealkylation sites (tertiary alicyclic amines) is 1. The molecule has 1 atom stereocenters. The number of aromatic nitrogens is 1. The summed E-state index contributed by atoms with van der Waals surface area (Å²) in [5.74, 6) is 0. The van der Waals surface area contributed by atoms with Gasteiger partial charge in [-0.1, -0.05) is 6.07 Å². The third-order valence-corrected chi connectivity index (χ3v) is 7.69. The molecule has 0 saturated carbocycles. The molecule has 3 heterocycles. The van der Waals surface area contributed by atoms with Crippen LogP contribution in [0.15, 0.2) is 30.5 Å². The first-order valence-electron chi connectivity index (χ1n) is 9.86. The third-order valence-electron chi connectivity index (χ3n) is 6.09. The first-order chi connectivity index (χ1) is 13.5. The molecule has 5 nitrogen and oxygen atoms in total. The molecule has 1 fully saturated rings. The van der Waals surface area contributed by atoms with Gasteiger partial charge in [-0.25, -0.2) is 13.1 Å². The molecule has 160 valence electrons. The van der Waals surface area contributed by atoms with Crippen molar-refractivity contribution in [2.24, 2.45) is 5.41 Å². The molecule has 2 aromatic heterocycles. The summed E-state index contributed by atoms with van der Waals surface area (Å²) in [4.78, 5) is 7.86. The van der Waals surface area contributed by atoms with E-state index >= 15 is 0 Å². The van der Waals surface area contributed by atoms with Gasteiger partial charge in [0.15, 0.2) is 5.13 Å². The van der Waals surface area contributed by atoms with Gasteiger partial charge < -0.3 is 0 Å². The lowest BCUT2D eigenvalue weighted by Crippen LogP contribution is -2.44. The molecule has 1 N–H and O–H groups in total. The summed E-state index contributed by atoms with van der Waals surface area (Å²) in [6.07, 6.45) is 5.59. The summed E-state index contributed by atoms with van der Waals surface area (Å²) in [6.45, 7) is 8.41. The minimum atomic E-state index is -3.27. The van der Waals surface area contributed by atoms with Crippen LogP contribution in [0.3, 0.4) is 0 Å². The molecule has 0 radical (unpaired) electrons. The van der Waals surface area contributed by atoms with E-state index in [0.29, 0.717) is 6.54 Å². The number of thiophene rings is 1. The van der Waals surface area contributed by atoms with Crippen molar-refractivity contribution in [2.75, 3.05) is 25.9 Å². The van der Waals surface area contributed by atoms with E-state index in [4.69, 9.17) is 0 Å². The molecule has 8 heteroatoms. The van der Waals surface area contributed by atoms with Gasteiger partial charge in [-0.3, -0.25) is 9.88 Å². The number of hydrogen-bond donors (Lipinski definition) is 1. The predicted octanol–water partition coefficient (Wildman–Crippen LogP) is 3.70. The minimum absolute atomic E-state index is 0.177. The highest BCUT2D eigenvalue weighted by molar-refractivity contribution is 7.88. The quantitative estimate of drug-likeness (QED) is 0.681. The average molecular weight is 440 g/mol. The largest absolute Gasteiger partial charge is 0.293 e. The molecular formula is C21H30FN3O2S2.